The van der Waals surface area contributed by atoms with Gasteiger partial charge in [-0.15, -0.1) is 0 Å². The Balaban J connectivity index is 1.39. The molecule has 30 heavy (non-hydrogen) atoms. The summed E-state index contributed by atoms with van der Waals surface area (Å²) in [6.45, 7) is 3.92. The summed E-state index contributed by atoms with van der Waals surface area (Å²) in [5.74, 6) is -0.0746. The maximum absolute atomic E-state index is 13.2. The predicted molar refractivity (Wildman–Crippen MR) is 117 cm³/mol. The minimum absolute atomic E-state index is 0.0746. The van der Waals surface area contributed by atoms with Gasteiger partial charge in [-0.3, -0.25) is 9.69 Å². The number of benzene rings is 2. The summed E-state index contributed by atoms with van der Waals surface area (Å²) < 4.78 is 27.5. The van der Waals surface area contributed by atoms with Gasteiger partial charge in [-0.2, -0.15) is 4.31 Å². The zero-order valence-electron chi connectivity index (χ0n) is 16.8. The Labute approximate surface area is 183 Å². The fourth-order valence-corrected chi connectivity index (χ4v) is 6.12. The fraction of sp³-hybridized carbons (Fsp3) is 0.409. The number of hydrogen-bond donors (Lipinski definition) is 0. The van der Waals surface area contributed by atoms with E-state index in [4.69, 9.17) is 11.6 Å². The Morgan fingerprint density at radius 3 is 2.40 bits per heavy atom. The van der Waals surface area contributed by atoms with E-state index in [9.17, 15) is 13.2 Å². The molecular weight excluding hydrogens is 422 g/mol. The lowest BCUT2D eigenvalue weighted by atomic mass is 10.1. The quantitative estimate of drug-likeness (QED) is 0.707. The molecule has 0 N–H and O–H groups in total. The lowest BCUT2D eigenvalue weighted by Gasteiger charge is -2.37. The van der Waals surface area contributed by atoms with Crippen LogP contribution in [0.1, 0.15) is 18.4 Å². The lowest BCUT2D eigenvalue weighted by molar-refractivity contribution is -0.136. The molecule has 2 aromatic rings. The Kier molecular flexibility index (Phi) is 6.43. The van der Waals surface area contributed by atoms with Crippen LogP contribution in [-0.4, -0.2) is 67.2 Å². The van der Waals surface area contributed by atoms with Gasteiger partial charge in [0.15, 0.2) is 0 Å². The summed E-state index contributed by atoms with van der Waals surface area (Å²) in [6, 6.07) is 15.6. The summed E-state index contributed by atoms with van der Waals surface area (Å²) in [4.78, 5) is 17.5. The van der Waals surface area contributed by atoms with Crippen molar-refractivity contribution in [1.29, 1.82) is 0 Å². The van der Waals surface area contributed by atoms with Crippen molar-refractivity contribution < 1.29 is 13.2 Å². The molecule has 6 nitrogen and oxygen atoms in total. The minimum atomic E-state index is -3.66. The first-order valence-corrected chi connectivity index (χ1v) is 12.1. The first-order valence-electron chi connectivity index (χ1n) is 10.3. The first kappa shape index (κ1) is 21.3. The van der Waals surface area contributed by atoms with Crippen LogP contribution in [-0.2, 0) is 21.4 Å². The minimum Gasteiger partial charge on any atom is -0.339 e. The Morgan fingerprint density at radius 2 is 1.70 bits per heavy atom. The van der Waals surface area contributed by atoms with Crippen molar-refractivity contribution in [3.63, 3.8) is 0 Å². The molecular formula is C22H26ClN3O3S. The van der Waals surface area contributed by atoms with Crippen molar-refractivity contribution in [3.8, 4) is 0 Å². The van der Waals surface area contributed by atoms with Crippen molar-refractivity contribution in [2.75, 3.05) is 32.7 Å². The molecule has 1 unspecified atom stereocenters. The average molecular weight is 448 g/mol. The largest absolute Gasteiger partial charge is 0.339 e. The number of halogens is 1. The summed E-state index contributed by atoms with van der Waals surface area (Å²) in [7, 11) is -3.66. The molecule has 4 rings (SSSR count). The van der Waals surface area contributed by atoms with E-state index < -0.39 is 16.1 Å². The van der Waals surface area contributed by atoms with Gasteiger partial charge in [-0.25, -0.2) is 8.42 Å². The van der Waals surface area contributed by atoms with E-state index in [0.717, 1.165) is 30.2 Å². The van der Waals surface area contributed by atoms with Gasteiger partial charge < -0.3 is 4.90 Å². The van der Waals surface area contributed by atoms with Gasteiger partial charge in [0.25, 0.3) is 0 Å². The second kappa shape index (κ2) is 9.06. The normalized spacial score (nSPS) is 21.1. The van der Waals surface area contributed by atoms with Crippen LogP contribution in [0.2, 0.25) is 5.02 Å². The third kappa shape index (κ3) is 4.54. The van der Waals surface area contributed by atoms with Crippen LogP contribution < -0.4 is 0 Å². The van der Waals surface area contributed by atoms with Crippen molar-refractivity contribution >= 4 is 27.5 Å². The molecule has 8 heteroatoms. The van der Waals surface area contributed by atoms with Crippen molar-refractivity contribution in [3.05, 3.63) is 65.2 Å². The number of carbonyl (C=O) groups excluding carboxylic acids is 1. The van der Waals surface area contributed by atoms with E-state index in [1.165, 1.54) is 4.31 Å². The maximum Gasteiger partial charge on any atom is 0.243 e. The highest BCUT2D eigenvalue weighted by Crippen LogP contribution is 2.27. The summed E-state index contributed by atoms with van der Waals surface area (Å²) in [5.41, 5.74) is 1.15. The van der Waals surface area contributed by atoms with E-state index in [1.54, 1.807) is 30.3 Å². The summed E-state index contributed by atoms with van der Waals surface area (Å²) in [5, 5.41) is 0.724. The van der Waals surface area contributed by atoms with Crippen molar-refractivity contribution in [2.24, 2.45) is 0 Å². The molecule has 0 aliphatic carbocycles. The number of amides is 1. The number of sulfonamides is 1. The maximum atomic E-state index is 13.2. The third-order valence-electron chi connectivity index (χ3n) is 5.82. The molecule has 0 radical (unpaired) electrons. The van der Waals surface area contributed by atoms with Crippen LogP contribution in [0.5, 0.6) is 0 Å². The van der Waals surface area contributed by atoms with E-state index in [-0.39, 0.29) is 10.8 Å². The van der Waals surface area contributed by atoms with Gasteiger partial charge in [0.2, 0.25) is 15.9 Å². The highest BCUT2D eigenvalue weighted by atomic mass is 35.5. The number of hydrogen-bond acceptors (Lipinski definition) is 4. The number of piperazine rings is 1. The van der Waals surface area contributed by atoms with Gasteiger partial charge in [0.1, 0.15) is 6.04 Å². The van der Waals surface area contributed by atoms with E-state index in [2.05, 4.69) is 4.90 Å². The predicted octanol–water partition coefficient (Wildman–Crippen LogP) is 2.84. The molecule has 2 saturated heterocycles. The van der Waals surface area contributed by atoms with E-state index in [1.807, 2.05) is 29.2 Å². The molecule has 0 spiro atoms. The van der Waals surface area contributed by atoms with E-state index in [0.29, 0.717) is 32.5 Å². The summed E-state index contributed by atoms with van der Waals surface area (Å²) in [6.07, 6.45) is 1.28. The van der Waals surface area contributed by atoms with E-state index >= 15 is 0 Å². The zero-order valence-corrected chi connectivity index (χ0v) is 18.4. The zero-order chi connectivity index (χ0) is 21.1. The SMILES string of the molecule is O=C(C1CCCN1S(=O)(=O)c1ccccc1)N1CCN(Cc2cccc(Cl)c2)CC1. The molecule has 2 aliphatic rings. The molecule has 2 heterocycles. The molecule has 0 bridgehead atoms. The van der Waals surface area contributed by atoms with Gasteiger partial charge in [-0.05, 0) is 42.7 Å². The van der Waals surface area contributed by atoms with Crippen molar-refractivity contribution in [1.82, 2.24) is 14.1 Å². The molecule has 2 aromatic carbocycles. The van der Waals surface area contributed by atoms with Crippen molar-refractivity contribution in [2.45, 2.75) is 30.3 Å². The first-order chi connectivity index (χ1) is 14.4. The standard InChI is InChI=1S/C22H26ClN3O3S/c23-19-7-4-6-18(16-19)17-24-12-14-25(15-13-24)22(27)21-10-5-11-26(21)30(28,29)20-8-2-1-3-9-20/h1-4,6-9,16,21H,5,10-15,17H2. The molecule has 1 amide bonds. The van der Waals surface area contributed by atoms with Crippen LogP contribution >= 0.6 is 11.6 Å². The molecule has 2 aliphatic heterocycles. The summed E-state index contributed by atoms with van der Waals surface area (Å²) >= 11 is 6.07. The monoisotopic (exact) mass is 447 g/mol. The molecule has 1 atom stereocenters. The number of rotatable bonds is 5. The highest BCUT2D eigenvalue weighted by molar-refractivity contribution is 7.89. The van der Waals surface area contributed by atoms with Gasteiger partial charge in [0, 0.05) is 44.3 Å². The van der Waals surface area contributed by atoms with Crippen LogP contribution in [0.15, 0.2) is 59.5 Å². The van der Waals surface area contributed by atoms with Gasteiger partial charge in [-0.1, -0.05) is 41.9 Å². The van der Waals surface area contributed by atoms with Gasteiger partial charge in [0.05, 0.1) is 4.90 Å². The lowest BCUT2D eigenvalue weighted by Crippen LogP contribution is -2.54. The van der Waals surface area contributed by atoms with Crippen LogP contribution in [0.4, 0.5) is 0 Å². The second-order valence-electron chi connectivity index (χ2n) is 7.82. The average Bonchev–Trinajstić information content (AvgIpc) is 3.25. The smallest absolute Gasteiger partial charge is 0.243 e. The molecule has 0 saturated carbocycles. The number of nitrogens with zero attached hydrogens (tertiary/aromatic N) is 3. The Bertz CT molecular complexity index is 992. The van der Waals surface area contributed by atoms with Crippen LogP contribution in [0, 0.1) is 0 Å². The topological polar surface area (TPSA) is 60.9 Å². The highest BCUT2D eigenvalue weighted by Gasteiger charge is 2.41. The van der Waals surface area contributed by atoms with Crippen LogP contribution in [0.3, 0.4) is 0 Å². The number of carbonyl (C=O) groups is 1. The molecule has 0 aromatic heterocycles. The molecule has 2 fully saturated rings. The van der Waals surface area contributed by atoms with Gasteiger partial charge >= 0.3 is 0 Å². The fourth-order valence-electron chi connectivity index (χ4n) is 4.23. The van der Waals surface area contributed by atoms with Crippen LogP contribution in [0.25, 0.3) is 0 Å². The Morgan fingerprint density at radius 1 is 0.967 bits per heavy atom. The molecule has 160 valence electrons. The second-order valence-corrected chi connectivity index (χ2v) is 10.1. The third-order valence-corrected chi connectivity index (χ3v) is 7.98. The Hall–Kier alpha value is -1.93.